The van der Waals surface area contributed by atoms with Crippen molar-refractivity contribution < 1.29 is 24.2 Å². The Morgan fingerprint density at radius 1 is 1.19 bits per heavy atom. The van der Waals surface area contributed by atoms with Gasteiger partial charge in [-0.05, 0) is 40.9 Å². The molecule has 1 aliphatic rings. The number of aliphatic carboxylic acids is 1. The van der Waals surface area contributed by atoms with Crippen molar-refractivity contribution in [3.8, 4) is 11.5 Å². The summed E-state index contributed by atoms with van der Waals surface area (Å²) in [6, 6.07) is 3.30. The van der Waals surface area contributed by atoms with E-state index in [4.69, 9.17) is 9.47 Å². The van der Waals surface area contributed by atoms with Crippen LogP contribution in [0.2, 0.25) is 0 Å². The van der Waals surface area contributed by atoms with Crippen LogP contribution in [0.1, 0.15) is 29.6 Å². The van der Waals surface area contributed by atoms with Gasteiger partial charge in [-0.2, -0.15) is 0 Å². The second kappa shape index (κ2) is 6.47. The molecule has 0 saturated heterocycles. The van der Waals surface area contributed by atoms with Gasteiger partial charge in [-0.25, -0.2) is 0 Å². The highest BCUT2D eigenvalue weighted by Crippen LogP contribution is 2.41. The minimum Gasteiger partial charge on any atom is -0.495 e. The van der Waals surface area contributed by atoms with Gasteiger partial charge < -0.3 is 14.6 Å². The Balaban J connectivity index is 2.39. The van der Waals surface area contributed by atoms with Gasteiger partial charge in [-0.1, -0.05) is 6.42 Å². The zero-order chi connectivity index (χ0) is 15.6. The zero-order valence-electron chi connectivity index (χ0n) is 11.9. The second-order valence-electron chi connectivity index (χ2n) is 5.01. The molecule has 2 unspecified atom stereocenters. The lowest BCUT2D eigenvalue weighted by atomic mass is 9.88. The van der Waals surface area contributed by atoms with E-state index < -0.39 is 17.8 Å². The van der Waals surface area contributed by atoms with E-state index in [0.717, 1.165) is 6.42 Å². The zero-order valence-corrected chi connectivity index (χ0v) is 13.5. The number of Topliss-reactive ketones (excluding diaryl/α,β-unsaturated/α-hetero) is 1. The SMILES string of the molecule is COc1ccc(C(=O)C2CCCC2C(=O)O)c(OC)c1Br. The number of halogens is 1. The first-order valence-corrected chi connectivity index (χ1v) is 7.48. The molecule has 114 valence electrons. The number of carbonyl (C=O) groups excluding carboxylic acids is 1. The minimum atomic E-state index is -0.905. The van der Waals surface area contributed by atoms with Crippen molar-refractivity contribution in [2.45, 2.75) is 19.3 Å². The molecule has 0 aromatic heterocycles. The number of benzene rings is 1. The number of rotatable bonds is 5. The van der Waals surface area contributed by atoms with Gasteiger partial charge in [0.1, 0.15) is 16.0 Å². The number of ketones is 1. The van der Waals surface area contributed by atoms with Gasteiger partial charge in [0.25, 0.3) is 0 Å². The topological polar surface area (TPSA) is 72.8 Å². The van der Waals surface area contributed by atoms with E-state index in [1.54, 1.807) is 12.1 Å². The summed E-state index contributed by atoms with van der Waals surface area (Å²) >= 11 is 3.35. The Labute approximate surface area is 131 Å². The van der Waals surface area contributed by atoms with Crippen molar-refractivity contribution >= 4 is 27.7 Å². The fourth-order valence-electron chi connectivity index (χ4n) is 2.86. The van der Waals surface area contributed by atoms with Gasteiger partial charge in [-0.3, -0.25) is 9.59 Å². The molecule has 0 heterocycles. The van der Waals surface area contributed by atoms with Crippen LogP contribution in [0.25, 0.3) is 0 Å². The van der Waals surface area contributed by atoms with Crippen LogP contribution < -0.4 is 9.47 Å². The maximum Gasteiger partial charge on any atom is 0.307 e. The number of carboxylic acids is 1. The number of hydrogen-bond acceptors (Lipinski definition) is 4. The van der Waals surface area contributed by atoms with Crippen molar-refractivity contribution in [2.75, 3.05) is 14.2 Å². The van der Waals surface area contributed by atoms with E-state index in [1.807, 2.05) is 0 Å². The van der Waals surface area contributed by atoms with Crippen molar-refractivity contribution in [1.82, 2.24) is 0 Å². The molecule has 1 saturated carbocycles. The Bertz CT molecular complexity index is 569. The number of hydrogen-bond donors (Lipinski definition) is 1. The minimum absolute atomic E-state index is 0.180. The molecule has 21 heavy (non-hydrogen) atoms. The predicted molar refractivity (Wildman–Crippen MR) is 80.0 cm³/mol. The highest BCUT2D eigenvalue weighted by atomic mass is 79.9. The van der Waals surface area contributed by atoms with Crippen LogP contribution in [0.3, 0.4) is 0 Å². The quantitative estimate of drug-likeness (QED) is 0.820. The lowest BCUT2D eigenvalue weighted by molar-refractivity contribution is -0.142. The fraction of sp³-hybridized carbons (Fsp3) is 0.467. The first-order valence-electron chi connectivity index (χ1n) is 6.68. The maximum atomic E-state index is 12.7. The highest BCUT2D eigenvalue weighted by Gasteiger charge is 2.39. The molecule has 0 radical (unpaired) electrons. The normalized spacial score (nSPS) is 21.1. The highest BCUT2D eigenvalue weighted by molar-refractivity contribution is 9.10. The van der Waals surface area contributed by atoms with Gasteiger partial charge in [0.05, 0.1) is 25.7 Å². The van der Waals surface area contributed by atoms with Crippen LogP contribution in [0.15, 0.2) is 16.6 Å². The molecular formula is C15H17BrO5. The van der Waals surface area contributed by atoms with Crippen LogP contribution in [0.4, 0.5) is 0 Å². The number of carboxylic acid groups (broad SMARTS) is 1. The molecule has 0 amide bonds. The third kappa shape index (κ3) is 2.90. The van der Waals surface area contributed by atoms with Gasteiger partial charge in [0, 0.05) is 5.92 Å². The van der Waals surface area contributed by atoms with Gasteiger partial charge in [-0.15, -0.1) is 0 Å². The molecule has 1 N–H and O–H groups in total. The third-order valence-electron chi connectivity index (χ3n) is 3.92. The number of methoxy groups -OCH3 is 2. The monoisotopic (exact) mass is 356 g/mol. The van der Waals surface area contributed by atoms with Crippen molar-refractivity contribution in [1.29, 1.82) is 0 Å². The molecule has 1 aliphatic carbocycles. The Hall–Kier alpha value is -1.56. The van der Waals surface area contributed by atoms with E-state index in [1.165, 1.54) is 14.2 Å². The standard InChI is InChI=1S/C15H17BrO5/c1-20-11-7-6-10(14(21-2)12(11)16)13(17)8-4-3-5-9(8)15(18)19/h6-9H,3-5H2,1-2H3,(H,18,19). The molecule has 0 spiro atoms. The number of ether oxygens (including phenoxy) is 2. The summed E-state index contributed by atoms with van der Waals surface area (Å²) in [6.07, 6.45) is 1.90. The first-order chi connectivity index (χ1) is 10.0. The van der Waals surface area contributed by atoms with E-state index >= 15 is 0 Å². The Kier molecular flexibility index (Phi) is 4.88. The lowest BCUT2D eigenvalue weighted by Gasteiger charge is -2.18. The summed E-state index contributed by atoms with van der Waals surface area (Å²) < 4.78 is 11.0. The molecule has 0 bridgehead atoms. The average Bonchev–Trinajstić information content (AvgIpc) is 2.95. The van der Waals surface area contributed by atoms with Crippen LogP contribution in [0.5, 0.6) is 11.5 Å². The summed E-state index contributed by atoms with van der Waals surface area (Å²) in [5.41, 5.74) is 0.392. The molecule has 2 rings (SSSR count). The summed E-state index contributed by atoms with van der Waals surface area (Å²) in [5.74, 6) is -1.24. The lowest BCUT2D eigenvalue weighted by Crippen LogP contribution is -2.25. The fourth-order valence-corrected chi connectivity index (χ4v) is 3.53. The van der Waals surface area contributed by atoms with E-state index in [0.29, 0.717) is 34.4 Å². The second-order valence-corrected chi connectivity index (χ2v) is 5.80. The molecular weight excluding hydrogens is 340 g/mol. The third-order valence-corrected chi connectivity index (χ3v) is 4.67. The van der Waals surface area contributed by atoms with Gasteiger partial charge >= 0.3 is 5.97 Å². The van der Waals surface area contributed by atoms with Gasteiger partial charge in [0.2, 0.25) is 0 Å². The van der Waals surface area contributed by atoms with Crippen LogP contribution in [-0.4, -0.2) is 31.1 Å². The summed E-state index contributed by atoms with van der Waals surface area (Å²) in [4.78, 5) is 23.9. The summed E-state index contributed by atoms with van der Waals surface area (Å²) in [7, 11) is 3.00. The predicted octanol–water partition coefficient (Wildman–Crippen LogP) is 3.15. The Morgan fingerprint density at radius 3 is 2.43 bits per heavy atom. The average molecular weight is 357 g/mol. The van der Waals surface area contributed by atoms with Crippen LogP contribution in [0, 0.1) is 11.8 Å². The van der Waals surface area contributed by atoms with Crippen LogP contribution in [-0.2, 0) is 4.79 Å². The molecule has 1 aromatic rings. The van der Waals surface area contributed by atoms with Crippen LogP contribution >= 0.6 is 15.9 Å². The smallest absolute Gasteiger partial charge is 0.307 e. The molecule has 6 heteroatoms. The molecule has 5 nitrogen and oxygen atoms in total. The molecule has 2 atom stereocenters. The largest absolute Gasteiger partial charge is 0.495 e. The molecule has 1 fully saturated rings. The number of carbonyl (C=O) groups is 2. The maximum absolute atomic E-state index is 12.7. The van der Waals surface area contributed by atoms with E-state index in [9.17, 15) is 14.7 Å². The van der Waals surface area contributed by atoms with Crippen molar-refractivity contribution in [3.63, 3.8) is 0 Å². The Morgan fingerprint density at radius 2 is 1.86 bits per heavy atom. The summed E-state index contributed by atoms with van der Waals surface area (Å²) in [5, 5.41) is 9.23. The molecule has 0 aliphatic heterocycles. The van der Waals surface area contributed by atoms with Crippen molar-refractivity contribution in [3.05, 3.63) is 22.2 Å². The van der Waals surface area contributed by atoms with E-state index in [2.05, 4.69) is 15.9 Å². The van der Waals surface area contributed by atoms with Crippen molar-refractivity contribution in [2.24, 2.45) is 11.8 Å². The van der Waals surface area contributed by atoms with E-state index in [-0.39, 0.29) is 5.78 Å². The molecule has 1 aromatic carbocycles. The first kappa shape index (κ1) is 15.8. The summed E-state index contributed by atoms with van der Waals surface area (Å²) in [6.45, 7) is 0. The van der Waals surface area contributed by atoms with Gasteiger partial charge in [0.15, 0.2) is 5.78 Å².